The van der Waals surface area contributed by atoms with Crippen molar-refractivity contribution in [3.05, 3.63) is 66.2 Å². The number of hydrogen-bond acceptors (Lipinski definition) is 1. The Hall–Kier alpha value is -1.76. The van der Waals surface area contributed by atoms with E-state index in [4.69, 9.17) is 4.74 Å². The molecule has 1 heteroatoms. The SMILES string of the molecule is C[C@H](Oc1ccccc1)[C@@H](C)c1ccccc1. The van der Waals surface area contributed by atoms with Gasteiger partial charge in [-0.25, -0.2) is 0 Å². The Morgan fingerprint density at radius 2 is 1.29 bits per heavy atom. The lowest BCUT2D eigenvalue weighted by molar-refractivity contribution is 0.195. The predicted molar refractivity (Wildman–Crippen MR) is 71.4 cm³/mol. The molecule has 0 fully saturated rings. The summed E-state index contributed by atoms with van der Waals surface area (Å²) in [7, 11) is 0. The van der Waals surface area contributed by atoms with Gasteiger partial charge in [-0.2, -0.15) is 0 Å². The number of hydrogen-bond donors (Lipinski definition) is 0. The minimum atomic E-state index is 0.166. The summed E-state index contributed by atoms with van der Waals surface area (Å²) in [6.45, 7) is 4.31. The molecule has 2 aromatic rings. The molecule has 0 amide bonds. The van der Waals surface area contributed by atoms with E-state index in [1.807, 2.05) is 36.4 Å². The van der Waals surface area contributed by atoms with E-state index >= 15 is 0 Å². The molecule has 17 heavy (non-hydrogen) atoms. The topological polar surface area (TPSA) is 9.23 Å². The summed E-state index contributed by atoms with van der Waals surface area (Å²) in [6.07, 6.45) is 0.166. The number of ether oxygens (including phenoxy) is 1. The van der Waals surface area contributed by atoms with Crippen molar-refractivity contribution in [3.63, 3.8) is 0 Å². The van der Waals surface area contributed by atoms with E-state index in [0.717, 1.165) is 5.75 Å². The lowest BCUT2D eigenvalue weighted by atomic mass is 9.96. The Labute approximate surface area is 103 Å². The van der Waals surface area contributed by atoms with Gasteiger partial charge in [-0.3, -0.25) is 0 Å². The van der Waals surface area contributed by atoms with Crippen LogP contribution in [0.2, 0.25) is 0 Å². The summed E-state index contributed by atoms with van der Waals surface area (Å²) in [5, 5.41) is 0. The molecule has 88 valence electrons. The minimum absolute atomic E-state index is 0.166. The van der Waals surface area contributed by atoms with Gasteiger partial charge >= 0.3 is 0 Å². The summed E-state index contributed by atoms with van der Waals surface area (Å²) < 4.78 is 5.93. The van der Waals surface area contributed by atoms with Crippen molar-refractivity contribution >= 4 is 0 Å². The molecule has 0 N–H and O–H groups in total. The van der Waals surface area contributed by atoms with Crippen molar-refractivity contribution in [2.45, 2.75) is 25.9 Å². The highest BCUT2D eigenvalue weighted by Gasteiger charge is 2.15. The van der Waals surface area contributed by atoms with Crippen LogP contribution >= 0.6 is 0 Å². The van der Waals surface area contributed by atoms with Crippen molar-refractivity contribution in [1.82, 2.24) is 0 Å². The fourth-order valence-electron chi connectivity index (χ4n) is 1.84. The monoisotopic (exact) mass is 226 g/mol. The maximum Gasteiger partial charge on any atom is 0.119 e. The molecule has 0 saturated carbocycles. The Morgan fingerprint density at radius 1 is 0.765 bits per heavy atom. The molecular weight excluding hydrogens is 208 g/mol. The largest absolute Gasteiger partial charge is 0.490 e. The molecular formula is C16H18O. The third-order valence-corrected chi connectivity index (χ3v) is 3.09. The van der Waals surface area contributed by atoms with Gasteiger partial charge in [0, 0.05) is 5.92 Å². The lowest BCUT2D eigenvalue weighted by Crippen LogP contribution is -2.19. The van der Waals surface area contributed by atoms with Gasteiger partial charge in [-0.05, 0) is 24.6 Å². The third kappa shape index (κ3) is 3.10. The summed E-state index contributed by atoms with van der Waals surface area (Å²) in [4.78, 5) is 0. The minimum Gasteiger partial charge on any atom is -0.490 e. The Balaban J connectivity index is 2.03. The van der Waals surface area contributed by atoms with E-state index in [9.17, 15) is 0 Å². The van der Waals surface area contributed by atoms with E-state index in [1.165, 1.54) is 5.56 Å². The van der Waals surface area contributed by atoms with Crippen LogP contribution in [-0.2, 0) is 0 Å². The van der Waals surface area contributed by atoms with Crippen LogP contribution in [0.5, 0.6) is 5.75 Å². The molecule has 2 rings (SSSR count). The van der Waals surface area contributed by atoms with Crippen molar-refractivity contribution in [1.29, 1.82) is 0 Å². The van der Waals surface area contributed by atoms with Crippen LogP contribution in [0, 0.1) is 0 Å². The highest BCUT2D eigenvalue weighted by Crippen LogP contribution is 2.23. The van der Waals surface area contributed by atoms with Gasteiger partial charge in [-0.1, -0.05) is 55.5 Å². The quantitative estimate of drug-likeness (QED) is 0.757. The predicted octanol–water partition coefficient (Wildman–Crippen LogP) is 4.26. The Bertz CT molecular complexity index is 436. The first-order valence-electron chi connectivity index (χ1n) is 6.04. The lowest BCUT2D eigenvalue weighted by Gasteiger charge is -2.21. The first-order valence-corrected chi connectivity index (χ1v) is 6.04. The number of benzene rings is 2. The molecule has 0 spiro atoms. The highest BCUT2D eigenvalue weighted by molar-refractivity contribution is 5.23. The van der Waals surface area contributed by atoms with E-state index < -0.39 is 0 Å². The van der Waals surface area contributed by atoms with Gasteiger partial charge in [0.05, 0.1) is 0 Å². The molecule has 0 bridgehead atoms. The molecule has 0 aliphatic rings. The summed E-state index contributed by atoms with van der Waals surface area (Å²) in [5.74, 6) is 1.32. The van der Waals surface area contributed by atoms with Gasteiger partial charge < -0.3 is 4.74 Å². The van der Waals surface area contributed by atoms with Crippen LogP contribution in [0.1, 0.15) is 25.3 Å². The van der Waals surface area contributed by atoms with Gasteiger partial charge in [0.2, 0.25) is 0 Å². The maximum atomic E-state index is 5.93. The second-order valence-corrected chi connectivity index (χ2v) is 4.34. The summed E-state index contributed by atoms with van der Waals surface area (Å²) in [5.41, 5.74) is 1.32. The second kappa shape index (κ2) is 5.53. The summed E-state index contributed by atoms with van der Waals surface area (Å²) in [6, 6.07) is 20.5. The van der Waals surface area contributed by atoms with Crippen LogP contribution < -0.4 is 4.74 Å². The molecule has 0 saturated heterocycles. The average Bonchev–Trinajstić information content (AvgIpc) is 2.40. The van der Waals surface area contributed by atoms with Crippen molar-refractivity contribution in [2.24, 2.45) is 0 Å². The molecule has 0 aliphatic carbocycles. The van der Waals surface area contributed by atoms with Crippen LogP contribution in [0.15, 0.2) is 60.7 Å². The molecule has 0 radical (unpaired) electrons. The van der Waals surface area contributed by atoms with Crippen molar-refractivity contribution < 1.29 is 4.74 Å². The van der Waals surface area contributed by atoms with E-state index in [0.29, 0.717) is 5.92 Å². The number of para-hydroxylation sites is 1. The molecule has 1 nitrogen and oxygen atoms in total. The highest BCUT2D eigenvalue weighted by atomic mass is 16.5. The zero-order valence-electron chi connectivity index (χ0n) is 10.3. The molecule has 2 atom stereocenters. The zero-order valence-corrected chi connectivity index (χ0v) is 10.3. The van der Waals surface area contributed by atoms with Gasteiger partial charge in [0.15, 0.2) is 0 Å². The van der Waals surface area contributed by atoms with Gasteiger partial charge in [0.1, 0.15) is 11.9 Å². The van der Waals surface area contributed by atoms with Crippen molar-refractivity contribution in [3.8, 4) is 5.75 Å². The van der Waals surface area contributed by atoms with Crippen LogP contribution in [0.3, 0.4) is 0 Å². The van der Waals surface area contributed by atoms with Gasteiger partial charge in [0.25, 0.3) is 0 Å². The Morgan fingerprint density at radius 3 is 1.88 bits per heavy atom. The first kappa shape index (κ1) is 11.7. The second-order valence-electron chi connectivity index (χ2n) is 4.34. The smallest absolute Gasteiger partial charge is 0.119 e. The average molecular weight is 226 g/mol. The van der Waals surface area contributed by atoms with Crippen LogP contribution in [-0.4, -0.2) is 6.10 Å². The van der Waals surface area contributed by atoms with Crippen LogP contribution in [0.4, 0.5) is 0 Å². The molecule has 2 aromatic carbocycles. The molecule has 0 aromatic heterocycles. The van der Waals surface area contributed by atoms with E-state index in [2.05, 4.69) is 38.1 Å². The van der Waals surface area contributed by atoms with E-state index in [1.54, 1.807) is 0 Å². The van der Waals surface area contributed by atoms with Crippen LogP contribution in [0.25, 0.3) is 0 Å². The molecule has 0 aliphatic heterocycles. The third-order valence-electron chi connectivity index (χ3n) is 3.09. The Kier molecular flexibility index (Phi) is 3.81. The van der Waals surface area contributed by atoms with Crippen molar-refractivity contribution in [2.75, 3.05) is 0 Å². The normalized spacial score (nSPS) is 14.0. The molecule has 0 heterocycles. The standard InChI is InChI=1S/C16H18O/c1-13(15-9-5-3-6-10-15)14(2)17-16-11-7-4-8-12-16/h3-14H,1-2H3/t13-,14+/m1/s1. The maximum absolute atomic E-state index is 5.93. The summed E-state index contributed by atoms with van der Waals surface area (Å²) >= 11 is 0. The fraction of sp³-hybridized carbons (Fsp3) is 0.250. The van der Waals surface area contributed by atoms with Gasteiger partial charge in [-0.15, -0.1) is 0 Å². The number of rotatable bonds is 4. The van der Waals surface area contributed by atoms with E-state index in [-0.39, 0.29) is 6.10 Å². The molecule has 0 unspecified atom stereocenters. The zero-order chi connectivity index (χ0) is 12.1. The fourth-order valence-corrected chi connectivity index (χ4v) is 1.84. The first-order chi connectivity index (χ1) is 8.27.